The summed E-state index contributed by atoms with van der Waals surface area (Å²) in [4.78, 5) is 31.9. The molecule has 0 spiro atoms. The Bertz CT molecular complexity index is 1130. The molecule has 3 aromatic rings. The fourth-order valence-electron chi connectivity index (χ4n) is 3.81. The largest absolute Gasteiger partial charge is 0.378 e. The summed E-state index contributed by atoms with van der Waals surface area (Å²) in [6.07, 6.45) is 1.97. The summed E-state index contributed by atoms with van der Waals surface area (Å²) in [5.74, 6) is -0.406. The minimum Gasteiger partial charge on any atom is -0.378 e. The van der Waals surface area contributed by atoms with Crippen LogP contribution in [0.3, 0.4) is 0 Å². The van der Waals surface area contributed by atoms with Gasteiger partial charge in [-0.3, -0.25) is 4.79 Å². The number of carbonyl (C=O) groups excluding carboxylic acids is 2. The lowest BCUT2D eigenvalue weighted by molar-refractivity contribution is -0.123. The number of nitriles is 1. The lowest BCUT2D eigenvalue weighted by Gasteiger charge is -2.29. The Balaban J connectivity index is 1.46. The Morgan fingerprint density at radius 3 is 2.55 bits per heavy atom. The summed E-state index contributed by atoms with van der Waals surface area (Å²) in [6.45, 7) is 2.13. The number of fused-ring (bicyclic) bond motifs is 1. The van der Waals surface area contributed by atoms with Crippen LogP contribution in [0.5, 0.6) is 0 Å². The Morgan fingerprint density at radius 1 is 1.06 bits per heavy atom. The van der Waals surface area contributed by atoms with Crippen LogP contribution in [0.2, 0.25) is 0 Å². The van der Waals surface area contributed by atoms with Gasteiger partial charge in [-0.1, -0.05) is 42.5 Å². The molecule has 2 atom stereocenters. The van der Waals surface area contributed by atoms with Crippen molar-refractivity contribution in [2.75, 3.05) is 26.3 Å². The molecule has 4 rings (SSSR count). The minimum absolute atomic E-state index is 0.248. The number of rotatable bonds is 7. The van der Waals surface area contributed by atoms with Gasteiger partial charge in [-0.2, -0.15) is 5.26 Å². The Kier molecular flexibility index (Phi) is 7.17. The molecule has 0 unspecified atom stereocenters. The average Bonchev–Trinajstić information content (AvgIpc) is 3.27. The molecule has 1 aliphatic heterocycles. The molecule has 0 bridgehead atoms. The van der Waals surface area contributed by atoms with E-state index in [2.05, 4.69) is 21.7 Å². The van der Waals surface area contributed by atoms with Crippen LogP contribution in [0.1, 0.15) is 5.56 Å². The van der Waals surface area contributed by atoms with Crippen molar-refractivity contribution in [2.45, 2.75) is 25.0 Å². The monoisotopic (exact) mass is 446 g/mol. The van der Waals surface area contributed by atoms with Gasteiger partial charge < -0.3 is 24.8 Å². The van der Waals surface area contributed by atoms with E-state index >= 15 is 0 Å². The number of benzene rings is 2. The van der Waals surface area contributed by atoms with Crippen molar-refractivity contribution in [1.82, 2.24) is 25.1 Å². The predicted molar refractivity (Wildman–Crippen MR) is 122 cm³/mol. The number of ether oxygens (including phenoxy) is 1. The molecule has 0 saturated carbocycles. The van der Waals surface area contributed by atoms with Crippen molar-refractivity contribution < 1.29 is 14.3 Å². The fourth-order valence-corrected chi connectivity index (χ4v) is 3.81. The molecule has 2 aromatic carbocycles. The van der Waals surface area contributed by atoms with Crippen molar-refractivity contribution in [1.29, 1.82) is 5.26 Å². The van der Waals surface area contributed by atoms with Gasteiger partial charge in [0.2, 0.25) is 5.91 Å². The van der Waals surface area contributed by atoms with E-state index in [0.29, 0.717) is 32.7 Å². The van der Waals surface area contributed by atoms with Crippen LogP contribution < -0.4 is 10.6 Å². The van der Waals surface area contributed by atoms with E-state index in [9.17, 15) is 14.9 Å². The number of nitrogens with zero attached hydrogens (tertiary/aromatic N) is 4. The number of para-hydroxylation sites is 2. The van der Waals surface area contributed by atoms with Gasteiger partial charge >= 0.3 is 6.03 Å². The summed E-state index contributed by atoms with van der Waals surface area (Å²) >= 11 is 0. The molecular formula is C24H26N6O3. The second-order valence-electron chi connectivity index (χ2n) is 7.87. The highest BCUT2D eigenvalue weighted by atomic mass is 16.5. The lowest BCUT2D eigenvalue weighted by atomic mass is 10.0. The normalized spacial score (nSPS) is 15.4. The number of hydrogen-bond donors (Lipinski definition) is 2. The predicted octanol–water partition coefficient (Wildman–Crippen LogP) is 1.70. The molecule has 3 amide bonds. The zero-order valence-corrected chi connectivity index (χ0v) is 18.2. The third-order valence-electron chi connectivity index (χ3n) is 5.57. The van der Waals surface area contributed by atoms with Gasteiger partial charge in [-0.05, 0) is 17.7 Å². The van der Waals surface area contributed by atoms with Gasteiger partial charge in [0.1, 0.15) is 12.1 Å². The molecule has 2 N–H and O–H groups in total. The molecule has 9 heteroatoms. The Morgan fingerprint density at radius 2 is 1.79 bits per heavy atom. The Hall–Kier alpha value is -3.90. The number of aromatic nitrogens is 2. The number of nitrogens with one attached hydrogen (secondary N) is 2. The second kappa shape index (κ2) is 10.6. The molecule has 170 valence electrons. The second-order valence-corrected chi connectivity index (χ2v) is 7.87. The highest BCUT2D eigenvalue weighted by molar-refractivity contribution is 5.87. The van der Waals surface area contributed by atoms with Gasteiger partial charge in [-0.15, -0.1) is 0 Å². The van der Waals surface area contributed by atoms with Gasteiger partial charge in [-0.25, -0.2) is 9.78 Å². The van der Waals surface area contributed by atoms with Crippen LogP contribution in [-0.2, 0) is 22.5 Å². The zero-order valence-electron chi connectivity index (χ0n) is 18.2. The molecule has 1 aliphatic rings. The van der Waals surface area contributed by atoms with Crippen molar-refractivity contribution in [3.05, 3.63) is 66.5 Å². The lowest BCUT2D eigenvalue weighted by Crippen LogP contribution is -2.55. The number of morpholine rings is 1. The highest BCUT2D eigenvalue weighted by Crippen LogP contribution is 2.12. The van der Waals surface area contributed by atoms with E-state index in [0.717, 1.165) is 16.6 Å². The number of carbonyl (C=O) groups is 2. The van der Waals surface area contributed by atoms with Gasteiger partial charge in [0.25, 0.3) is 0 Å². The molecule has 33 heavy (non-hydrogen) atoms. The third kappa shape index (κ3) is 5.67. The number of hydrogen-bond acceptors (Lipinski definition) is 5. The molecule has 1 fully saturated rings. The maximum Gasteiger partial charge on any atom is 0.318 e. The molecule has 0 aliphatic carbocycles. The van der Waals surface area contributed by atoms with Gasteiger partial charge in [0, 0.05) is 19.5 Å². The topological polar surface area (TPSA) is 112 Å². The van der Waals surface area contributed by atoms with E-state index in [1.807, 2.05) is 59.2 Å². The van der Waals surface area contributed by atoms with Crippen molar-refractivity contribution in [3.63, 3.8) is 0 Å². The first-order valence-corrected chi connectivity index (χ1v) is 10.9. The van der Waals surface area contributed by atoms with Crippen LogP contribution in [0.15, 0.2) is 60.9 Å². The zero-order chi connectivity index (χ0) is 23.0. The molecular weight excluding hydrogens is 420 g/mol. The summed E-state index contributed by atoms with van der Waals surface area (Å²) < 4.78 is 7.14. The maximum absolute atomic E-state index is 13.2. The highest BCUT2D eigenvalue weighted by Gasteiger charge is 2.27. The third-order valence-corrected chi connectivity index (χ3v) is 5.57. The first-order chi connectivity index (χ1) is 16.1. The molecule has 1 aromatic heterocycles. The van der Waals surface area contributed by atoms with Gasteiger partial charge in [0.15, 0.2) is 0 Å². The maximum atomic E-state index is 13.2. The standard InChI is InChI=1S/C24H26N6O3/c25-15-19(16-30-17-26-20-8-4-5-9-22(20)30)27-23(31)21(14-18-6-2-1-3-7-18)28-24(32)29-10-12-33-13-11-29/h1-9,17,19,21H,10-14,16H2,(H,27,31)(H,28,32)/t19-,21+/m1/s1. The van der Waals surface area contributed by atoms with Gasteiger partial charge in [0.05, 0.1) is 43.2 Å². The summed E-state index contributed by atoms with van der Waals surface area (Å²) in [5.41, 5.74) is 2.61. The van der Waals surface area contributed by atoms with E-state index < -0.39 is 18.0 Å². The van der Waals surface area contributed by atoms with Crippen LogP contribution in [-0.4, -0.2) is 64.8 Å². The number of urea groups is 1. The van der Waals surface area contributed by atoms with Crippen molar-refractivity contribution >= 4 is 23.0 Å². The number of amides is 3. The minimum atomic E-state index is -0.821. The van der Waals surface area contributed by atoms with Crippen molar-refractivity contribution in [2.24, 2.45) is 0 Å². The smallest absolute Gasteiger partial charge is 0.318 e. The summed E-state index contributed by atoms with van der Waals surface area (Å²) in [7, 11) is 0. The van der Waals surface area contributed by atoms with Crippen LogP contribution >= 0.6 is 0 Å². The SMILES string of the molecule is N#C[C@H](Cn1cnc2ccccc21)NC(=O)[C@H](Cc1ccccc1)NC(=O)N1CCOCC1. The quantitative estimate of drug-likeness (QED) is 0.574. The first-order valence-electron chi connectivity index (χ1n) is 10.9. The summed E-state index contributed by atoms with van der Waals surface area (Å²) in [6, 6.07) is 17.3. The van der Waals surface area contributed by atoms with E-state index in [1.165, 1.54) is 0 Å². The van der Waals surface area contributed by atoms with Crippen LogP contribution in [0, 0.1) is 11.3 Å². The molecule has 2 heterocycles. The number of imidazole rings is 1. The average molecular weight is 447 g/mol. The molecule has 9 nitrogen and oxygen atoms in total. The Labute approximate surface area is 192 Å². The molecule has 0 radical (unpaired) electrons. The van der Waals surface area contributed by atoms with E-state index in [1.54, 1.807) is 11.2 Å². The van der Waals surface area contributed by atoms with Crippen LogP contribution in [0.4, 0.5) is 4.79 Å². The summed E-state index contributed by atoms with van der Waals surface area (Å²) in [5, 5.41) is 15.3. The van der Waals surface area contributed by atoms with E-state index in [-0.39, 0.29) is 12.6 Å². The van der Waals surface area contributed by atoms with Crippen LogP contribution in [0.25, 0.3) is 11.0 Å². The van der Waals surface area contributed by atoms with Crippen molar-refractivity contribution in [3.8, 4) is 6.07 Å². The first kappa shape index (κ1) is 22.3. The fraction of sp³-hybridized carbons (Fsp3) is 0.333. The molecule has 1 saturated heterocycles. The van der Waals surface area contributed by atoms with E-state index in [4.69, 9.17) is 4.74 Å².